The van der Waals surface area contributed by atoms with Crippen molar-refractivity contribution in [2.75, 3.05) is 0 Å². The molecular formula is C11H23NOS. The van der Waals surface area contributed by atoms with Crippen LogP contribution in [0.2, 0.25) is 0 Å². The highest BCUT2D eigenvalue weighted by atomic mass is 32.1. The molecule has 0 spiro atoms. The molecule has 0 saturated carbocycles. The van der Waals surface area contributed by atoms with E-state index >= 15 is 0 Å². The van der Waals surface area contributed by atoms with Crippen molar-refractivity contribution in [1.82, 2.24) is 4.98 Å². The molecule has 2 nitrogen and oxygen atoms in total. The lowest BCUT2D eigenvalue weighted by Gasteiger charge is -2.11. The molecule has 14 heavy (non-hydrogen) atoms. The van der Waals surface area contributed by atoms with Gasteiger partial charge >= 0.3 is 0 Å². The summed E-state index contributed by atoms with van der Waals surface area (Å²) in [6.45, 7) is 13.5. The van der Waals surface area contributed by atoms with Gasteiger partial charge < -0.3 is 5.11 Å². The summed E-state index contributed by atoms with van der Waals surface area (Å²) in [4.78, 5) is 5.19. The summed E-state index contributed by atoms with van der Waals surface area (Å²) in [5.41, 5.74) is -0.779. The first-order valence-electron chi connectivity index (χ1n) is 5.15. The molecule has 1 aromatic rings. The van der Waals surface area contributed by atoms with Crippen molar-refractivity contribution in [3.63, 3.8) is 0 Å². The predicted molar refractivity (Wildman–Crippen MR) is 64.8 cm³/mol. The van der Waals surface area contributed by atoms with Crippen LogP contribution in [-0.4, -0.2) is 10.1 Å². The molecule has 3 heteroatoms. The molecule has 0 aliphatic rings. The molecule has 0 saturated heterocycles. The number of aliphatic hydroxyl groups is 1. The van der Waals surface area contributed by atoms with Gasteiger partial charge in [0.25, 0.3) is 0 Å². The molecular weight excluding hydrogens is 194 g/mol. The highest BCUT2D eigenvalue weighted by molar-refractivity contribution is 7.11. The normalized spacial score (nSPS) is 9.43. The van der Waals surface area contributed by atoms with Gasteiger partial charge in [-0.3, -0.25) is 0 Å². The first kappa shape index (κ1) is 16.0. The number of rotatable bonds is 1. The molecule has 0 radical (unpaired) electrons. The van der Waals surface area contributed by atoms with Gasteiger partial charge in [0.15, 0.2) is 0 Å². The summed E-state index contributed by atoms with van der Waals surface area (Å²) >= 11 is 1.53. The maximum absolute atomic E-state index is 9.45. The standard InChI is InChI=1S/C7H11NOS.2C2H6/c1-5-4-8-6(10-5)7(2,3)9;2*1-2/h4,9H,1-3H3;2*1-2H3. The van der Waals surface area contributed by atoms with E-state index in [-0.39, 0.29) is 0 Å². The van der Waals surface area contributed by atoms with Crippen molar-refractivity contribution in [1.29, 1.82) is 0 Å². The fourth-order valence-electron chi connectivity index (χ4n) is 0.638. The van der Waals surface area contributed by atoms with E-state index in [0.717, 1.165) is 9.88 Å². The third-order valence-electron chi connectivity index (χ3n) is 1.14. The Labute approximate surface area is 92.0 Å². The molecule has 1 heterocycles. The van der Waals surface area contributed by atoms with Crippen molar-refractivity contribution >= 4 is 11.3 Å². The Bertz CT molecular complexity index is 225. The number of hydrogen-bond acceptors (Lipinski definition) is 3. The van der Waals surface area contributed by atoms with Crippen LogP contribution in [0.25, 0.3) is 0 Å². The first-order chi connectivity index (χ1) is 6.50. The average Bonchev–Trinajstić information content (AvgIpc) is 2.58. The van der Waals surface area contributed by atoms with Gasteiger partial charge in [-0.25, -0.2) is 4.98 Å². The largest absolute Gasteiger partial charge is 0.383 e. The lowest BCUT2D eigenvalue weighted by Crippen LogP contribution is -2.14. The predicted octanol–water partition coefficient (Wildman–Crippen LogP) is 3.73. The number of thiazole rings is 1. The van der Waals surface area contributed by atoms with Gasteiger partial charge in [0.1, 0.15) is 10.6 Å². The lowest BCUT2D eigenvalue weighted by molar-refractivity contribution is 0.0783. The van der Waals surface area contributed by atoms with E-state index in [2.05, 4.69) is 4.98 Å². The molecule has 1 rings (SSSR count). The van der Waals surface area contributed by atoms with Crippen molar-refractivity contribution < 1.29 is 5.11 Å². The van der Waals surface area contributed by atoms with Crippen LogP contribution in [-0.2, 0) is 5.60 Å². The van der Waals surface area contributed by atoms with Crippen LogP contribution >= 0.6 is 11.3 Å². The van der Waals surface area contributed by atoms with Crippen LogP contribution in [0.1, 0.15) is 51.4 Å². The Hall–Kier alpha value is -0.410. The van der Waals surface area contributed by atoms with E-state index < -0.39 is 5.60 Å². The highest BCUT2D eigenvalue weighted by Gasteiger charge is 2.18. The Balaban J connectivity index is 0. The Morgan fingerprint density at radius 3 is 1.79 bits per heavy atom. The molecule has 0 aliphatic heterocycles. The average molecular weight is 217 g/mol. The van der Waals surface area contributed by atoms with Gasteiger partial charge in [0.2, 0.25) is 0 Å². The second kappa shape index (κ2) is 7.94. The molecule has 0 unspecified atom stereocenters. The summed E-state index contributed by atoms with van der Waals surface area (Å²) in [5.74, 6) is 0. The van der Waals surface area contributed by atoms with Crippen LogP contribution in [0.5, 0.6) is 0 Å². The summed E-state index contributed by atoms with van der Waals surface area (Å²) < 4.78 is 0. The van der Waals surface area contributed by atoms with Crippen molar-refractivity contribution in [3.8, 4) is 0 Å². The minimum absolute atomic E-state index is 0.779. The summed E-state index contributed by atoms with van der Waals surface area (Å²) in [6.07, 6.45) is 1.78. The molecule has 84 valence electrons. The fraction of sp³-hybridized carbons (Fsp3) is 0.727. The molecule has 1 N–H and O–H groups in total. The first-order valence-corrected chi connectivity index (χ1v) is 5.97. The van der Waals surface area contributed by atoms with Crippen LogP contribution < -0.4 is 0 Å². The SMILES string of the molecule is CC.CC.Cc1cnc(C(C)(C)O)s1. The second-order valence-electron chi connectivity index (χ2n) is 2.84. The van der Waals surface area contributed by atoms with Gasteiger partial charge in [-0.05, 0) is 20.8 Å². The van der Waals surface area contributed by atoms with Crippen LogP contribution in [0, 0.1) is 6.92 Å². The van der Waals surface area contributed by atoms with E-state index in [1.807, 2.05) is 34.6 Å². The van der Waals surface area contributed by atoms with Crippen LogP contribution in [0.15, 0.2) is 6.20 Å². The number of aryl methyl sites for hydroxylation is 1. The van der Waals surface area contributed by atoms with Gasteiger partial charge in [0, 0.05) is 11.1 Å². The van der Waals surface area contributed by atoms with Crippen molar-refractivity contribution in [3.05, 3.63) is 16.1 Å². The Morgan fingerprint density at radius 2 is 1.64 bits per heavy atom. The van der Waals surface area contributed by atoms with E-state index in [4.69, 9.17) is 0 Å². The van der Waals surface area contributed by atoms with E-state index in [1.54, 1.807) is 20.0 Å². The van der Waals surface area contributed by atoms with Crippen molar-refractivity contribution in [2.45, 2.75) is 54.1 Å². The smallest absolute Gasteiger partial charge is 0.124 e. The minimum atomic E-state index is -0.779. The molecule has 0 amide bonds. The third-order valence-corrected chi connectivity index (χ3v) is 2.37. The topological polar surface area (TPSA) is 33.1 Å². The van der Waals surface area contributed by atoms with E-state index in [0.29, 0.717) is 0 Å². The van der Waals surface area contributed by atoms with Gasteiger partial charge in [-0.15, -0.1) is 11.3 Å². The number of nitrogens with zero attached hydrogens (tertiary/aromatic N) is 1. The maximum atomic E-state index is 9.45. The molecule has 0 fully saturated rings. The maximum Gasteiger partial charge on any atom is 0.124 e. The molecule has 0 aliphatic carbocycles. The highest BCUT2D eigenvalue weighted by Crippen LogP contribution is 2.23. The van der Waals surface area contributed by atoms with Crippen LogP contribution in [0.4, 0.5) is 0 Å². The molecule has 0 aromatic carbocycles. The summed E-state index contributed by atoms with van der Waals surface area (Å²) in [5, 5.41) is 10.2. The summed E-state index contributed by atoms with van der Waals surface area (Å²) in [6, 6.07) is 0. The molecule has 0 atom stereocenters. The number of aromatic nitrogens is 1. The van der Waals surface area contributed by atoms with Gasteiger partial charge in [-0.2, -0.15) is 0 Å². The zero-order valence-electron chi connectivity index (χ0n) is 10.4. The third kappa shape index (κ3) is 6.11. The lowest BCUT2D eigenvalue weighted by atomic mass is 10.2. The van der Waals surface area contributed by atoms with Crippen LogP contribution in [0.3, 0.4) is 0 Å². The Morgan fingerprint density at radius 1 is 1.21 bits per heavy atom. The molecule has 1 aromatic heterocycles. The minimum Gasteiger partial charge on any atom is -0.383 e. The van der Waals surface area contributed by atoms with Gasteiger partial charge in [-0.1, -0.05) is 27.7 Å². The monoisotopic (exact) mass is 217 g/mol. The van der Waals surface area contributed by atoms with Gasteiger partial charge in [0.05, 0.1) is 0 Å². The quantitative estimate of drug-likeness (QED) is 0.777. The summed E-state index contributed by atoms with van der Waals surface area (Å²) in [7, 11) is 0. The number of hydrogen-bond donors (Lipinski definition) is 1. The fourth-order valence-corrected chi connectivity index (χ4v) is 1.40. The van der Waals surface area contributed by atoms with Crippen molar-refractivity contribution in [2.24, 2.45) is 0 Å². The second-order valence-corrected chi connectivity index (χ2v) is 4.07. The zero-order valence-corrected chi connectivity index (χ0v) is 11.2. The van der Waals surface area contributed by atoms with E-state index in [9.17, 15) is 5.11 Å². The van der Waals surface area contributed by atoms with E-state index in [1.165, 1.54) is 11.3 Å². The Kier molecular flexibility index (Phi) is 9.10. The molecule has 0 bridgehead atoms. The zero-order chi connectivity index (χ0) is 11.8.